The standard InChI is InChI=1S/C13H27NOS/c1-10(9-16-13(2,3)4)14-11-7-5-6-8-12(11)15/h10-12,14-15H,5-9H2,1-4H3/t10-,11-,12-/m1/s1. The number of hydrogen-bond acceptors (Lipinski definition) is 3. The van der Waals surface area contributed by atoms with Crippen LogP contribution in [0.2, 0.25) is 0 Å². The van der Waals surface area contributed by atoms with Crippen LogP contribution < -0.4 is 5.32 Å². The highest BCUT2D eigenvalue weighted by Gasteiger charge is 2.24. The van der Waals surface area contributed by atoms with Crippen molar-refractivity contribution in [1.29, 1.82) is 0 Å². The molecule has 0 aromatic rings. The van der Waals surface area contributed by atoms with Crippen LogP contribution in [-0.2, 0) is 0 Å². The zero-order valence-corrected chi connectivity index (χ0v) is 11.9. The second-order valence-corrected chi connectivity index (χ2v) is 7.80. The van der Waals surface area contributed by atoms with Gasteiger partial charge in [-0.25, -0.2) is 0 Å². The summed E-state index contributed by atoms with van der Waals surface area (Å²) in [5, 5.41) is 13.4. The van der Waals surface area contributed by atoms with Gasteiger partial charge in [0.1, 0.15) is 0 Å². The lowest BCUT2D eigenvalue weighted by Crippen LogP contribution is -2.47. The van der Waals surface area contributed by atoms with Gasteiger partial charge < -0.3 is 10.4 Å². The van der Waals surface area contributed by atoms with Crippen molar-refractivity contribution in [2.45, 2.75) is 76.3 Å². The summed E-state index contributed by atoms with van der Waals surface area (Å²) in [6.07, 6.45) is 4.41. The van der Waals surface area contributed by atoms with Crippen molar-refractivity contribution in [2.75, 3.05) is 5.75 Å². The minimum atomic E-state index is -0.129. The Morgan fingerprint density at radius 1 is 1.31 bits per heavy atom. The molecule has 0 spiro atoms. The molecule has 1 saturated carbocycles. The van der Waals surface area contributed by atoms with Crippen LogP contribution in [0.25, 0.3) is 0 Å². The van der Waals surface area contributed by atoms with Crippen molar-refractivity contribution in [1.82, 2.24) is 5.32 Å². The highest BCUT2D eigenvalue weighted by Crippen LogP contribution is 2.24. The van der Waals surface area contributed by atoms with Gasteiger partial charge in [-0.15, -0.1) is 0 Å². The lowest BCUT2D eigenvalue weighted by molar-refractivity contribution is 0.0873. The predicted molar refractivity (Wildman–Crippen MR) is 73.1 cm³/mol. The van der Waals surface area contributed by atoms with E-state index in [9.17, 15) is 5.11 Å². The molecule has 0 amide bonds. The van der Waals surface area contributed by atoms with E-state index in [4.69, 9.17) is 0 Å². The van der Waals surface area contributed by atoms with Crippen LogP contribution in [-0.4, -0.2) is 33.8 Å². The molecule has 1 rings (SSSR count). The Hall–Kier alpha value is 0.270. The molecule has 2 N–H and O–H groups in total. The number of rotatable bonds is 4. The summed E-state index contributed by atoms with van der Waals surface area (Å²) < 4.78 is 0.334. The number of aliphatic hydroxyl groups is 1. The Labute approximate surface area is 105 Å². The topological polar surface area (TPSA) is 32.3 Å². The third-order valence-corrected chi connectivity index (χ3v) is 4.53. The lowest BCUT2D eigenvalue weighted by atomic mass is 9.92. The summed E-state index contributed by atoms with van der Waals surface area (Å²) in [5.41, 5.74) is 0. The first kappa shape index (κ1) is 14.3. The zero-order chi connectivity index (χ0) is 12.2. The lowest BCUT2D eigenvalue weighted by Gasteiger charge is -2.32. The molecule has 2 nitrogen and oxygen atoms in total. The van der Waals surface area contributed by atoms with Crippen LogP contribution in [0.1, 0.15) is 53.4 Å². The summed E-state index contributed by atoms with van der Waals surface area (Å²) in [5.74, 6) is 1.12. The maximum Gasteiger partial charge on any atom is 0.0693 e. The molecule has 1 fully saturated rings. The van der Waals surface area contributed by atoms with E-state index < -0.39 is 0 Å². The van der Waals surface area contributed by atoms with Gasteiger partial charge in [-0.2, -0.15) is 11.8 Å². The van der Waals surface area contributed by atoms with E-state index in [2.05, 4.69) is 33.0 Å². The SMILES string of the molecule is C[C@H](CSC(C)(C)C)N[C@@H]1CCCC[C@H]1O. The molecule has 1 aliphatic rings. The van der Waals surface area contributed by atoms with E-state index in [0.29, 0.717) is 16.8 Å². The van der Waals surface area contributed by atoms with E-state index in [0.717, 1.165) is 18.6 Å². The number of thioether (sulfide) groups is 1. The van der Waals surface area contributed by atoms with E-state index >= 15 is 0 Å². The second-order valence-electron chi connectivity index (χ2n) is 5.95. The van der Waals surface area contributed by atoms with E-state index in [-0.39, 0.29) is 6.10 Å². The van der Waals surface area contributed by atoms with Crippen molar-refractivity contribution < 1.29 is 5.11 Å². The Bertz CT molecular complexity index is 203. The number of nitrogens with one attached hydrogen (secondary N) is 1. The fraction of sp³-hybridized carbons (Fsp3) is 1.00. The fourth-order valence-corrected chi connectivity index (χ4v) is 2.94. The smallest absolute Gasteiger partial charge is 0.0693 e. The van der Waals surface area contributed by atoms with Crippen molar-refractivity contribution in [3.05, 3.63) is 0 Å². The van der Waals surface area contributed by atoms with Crippen molar-refractivity contribution >= 4 is 11.8 Å². The molecular formula is C13H27NOS. The molecule has 0 heterocycles. The Morgan fingerprint density at radius 3 is 2.50 bits per heavy atom. The van der Waals surface area contributed by atoms with Crippen molar-refractivity contribution in [3.63, 3.8) is 0 Å². The Kier molecular flexibility index (Phi) is 5.62. The van der Waals surface area contributed by atoms with Gasteiger partial charge in [-0.05, 0) is 19.8 Å². The van der Waals surface area contributed by atoms with Gasteiger partial charge in [0.05, 0.1) is 6.10 Å². The first-order chi connectivity index (χ1) is 7.38. The van der Waals surface area contributed by atoms with Gasteiger partial charge >= 0.3 is 0 Å². The zero-order valence-electron chi connectivity index (χ0n) is 11.1. The van der Waals surface area contributed by atoms with Gasteiger partial charge in [0.25, 0.3) is 0 Å². The second kappa shape index (κ2) is 6.27. The molecule has 0 aromatic carbocycles. The molecule has 0 bridgehead atoms. The van der Waals surface area contributed by atoms with Crippen LogP contribution in [0.4, 0.5) is 0 Å². The van der Waals surface area contributed by atoms with Crippen molar-refractivity contribution in [2.24, 2.45) is 0 Å². The maximum atomic E-state index is 9.88. The Morgan fingerprint density at radius 2 is 1.94 bits per heavy atom. The van der Waals surface area contributed by atoms with E-state index in [1.54, 1.807) is 0 Å². The highest BCUT2D eigenvalue weighted by atomic mass is 32.2. The Balaban J connectivity index is 2.24. The number of aliphatic hydroxyl groups excluding tert-OH is 1. The van der Waals surface area contributed by atoms with Gasteiger partial charge in [0, 0.05) is 22.6 Å². The minimum absolute atomic E-state index is 0.129. The van der Waals surface area contributed by atoms with E-state index in [1.165, 1.54) is 12.8 Å². The van der Waals surface area contributed by atoms with Gasteiger partial charge in [0.2, 0.25) is 0 Å². The summed E-state index contributed by atoms with van der Waals surface area (Å²) >= 11 is 1.99. The molecule has 0 aliphatic heterocycles. The molecular weight excluding hydrogens is 218 g/mol. The number of hydrogen-bond donors (Lipinski definition) is 2. The van der Waals surface area contributed by atoms with E-state index in [1.807, 2.05) is 11.8 Å². The third kappa shape index (κ3) is 5.55. The van der Waals surface area contributed by atoms with Gasteiger partial charge in [0.15, 0.2) is 0 Å². The molecule has 0 unspecified atom stereocenters. The van der Waals surface area contributed by atoms with Crippen LogP contribution in [0, 0.1) is 0 Å². The highest BCUT2D eigenvalue weighted by molar-refractivity contribution is 8.00. The normalized spacial score (nSPS) is 29.1. The summed E-state index contributed by atoms with van der Waals surface area (Å²) in [7, 11) is 0. The summed E-state index contributed by atoms with van der Waals surface area (Å²) in [4.78, 5) is 0. The third-order valence-electron chi connectivity index (χ3n) is 2.99. The largest absolute Gasteiger partial charge is 0.392 e. The van der Waals surface area contributed by atoms with Crippen LogP contribution in [0.5, 0.6) is 0 Å². The monoisotopic (exact) mass is 245 g/mol. The molecule has 16 heavy (non-hydrogen) atoms. The average molecular weight is 245 g/mol. The average Bonchev–Trinajstić information content (AvgIpc) is 2.18. The van der Waals surface area contributed by atoms with Crippen LogP contribution in [0.3, 0.4) is 0 Å². The van der Waals surface area contributed by atoms with Crippen LogP contribution in [0.15, 0.2) is 0 Å². The molecule has 1 aliphatic carbocycles. The molecule has 3 heteroatoms. The first-order valence-electron chi connectivity index (χ1n) is 6.46. The molecule has 3 atom stereocenters. The minimum Gasteiger partial charge on any atom is -0.392 e. The molecule has 96 valence electrons. The predicted octanol–water partition coefficient (Wildman–Crippen LogP) is 2.80. The van der Waals surface area contributed by atoms with Gasteiger partial charge in [-0.3, -0.25) is 0 Å². The first-order valence-corrected chi connectivity index (χ1v) is 7.45. The van der Waals surface area contributed by atoms with Gasteiger partial charge in [-0.1, -0.05) is 33.6 Å². The summed E-state index contributed by atoms with van der Waals surface area (Å²) in [6.45, 7) is 8.97. The molecule has 0 aromatic heterocycles. The molecule has 0 saturated heterocycles. The molecule has 0 radical (unpaired) electrons. The van der Waals surface area contributed by atoms with Crippen molar-refractivity contribution in [3.8, 4) is 0 Å². The summed E-state index contributed by atoms with van der Waals surface area (Å²) in [6, 6.07) is 0.811. The quantitative estimate of drug-likeness (QED) is 0.799. The fourth-order valence-electron chi connectivity index (χ4n) is 2.09. The maximum absolute atomic E-state index is 9.88. The van der Waals surface area contributed by atoms with Crippen LogP contribution >= 0.6 is 11.8 Å².